The molecule has 5 amide bonds. The van der Waals surface area contributed by atoms with Crippen LogP contribution in [0.4, 0.5) is 0 Å². The maximum atomic E-state index is 14.1. The van der Waals surface area contributed by atoms with E-state index in [9.17, 15) is 38.7 Å². The molecular weight excluding hydrogens is 771 g/mol. The van der Waals surface area contributed by atoms with Gasteiger partial charge in [-0.2, -0.15) is 0 Å². The van der Waals surface area contributed by atoms with E-state index < -0.39 is 90.4 Å². The second kappa shape index (κ2) is 23.7. The number of amides is 5. The van der Waals surface area contributed by atoms with Crippen molar-refractivity contribution < 1.29 is 48.1 Å². The number of allylic oxidation sites excluding steroid dienone is 2. The number of benzene rings is 1. The molecule has 1 aliphatic heterocycles. The molecule has 4 N–H and O–H groups in total. The number of hydrogen-bond acceptors (Lipinski definition) is 10. The van der Waals surface area contributed by atoms with Gasteiger partial charge in [0.2, 0.25) is 17.7 Å². The number of likely N-dealkylation sites (N-methyl/N-ethyl adjacent to an activating group) is 2. The molecule has 60 heavy (non-hydrogen) atoms. The fourth-order valence-electron chi connectivity index (χ4n) is 6.32. The molecule has 1 heterocycles. The third kappa shape index (κ3) is 14.5. The molecule has 0 radical (unpaired) electrons. The topological polar surface area (TPSA) is 201 Å². The largest absolute Gasteiger partial charge is 0.455 e. The van der Waals surface area contributed by atoms with Crippen LogP contribution in [0.2, 0.25) is 0 Å². The molecule has 328 valence electrons. The summed E-state index contributed by atoms with van der Waals surface area (Å²) in [7, 11) is 2.79. The number of hydrogen-bond donors (Lipinski definition) is 4. The van der Waals surface area contributed by atoms with Gasteiger partial charge >= 0.3 is 11.9 Å². The molecule has 15 nitrogen and oxygen atoms in total. The number of ether oxygens (including phenoxy) is 2. The molecule has 0 spiro atoms. The number of cyclic esters (lactones) is 2. The monoisotopic (exact) mass is 833 g/mol. The van der Waals surface area contributed by atoms with Gasteiger partial charge in [0, 0.05) is 32.0 Å². The maximum absolute atomic E-state index is 14.1. The van der Waals surface area contributed by atoms with E-state index in [4.69, 9.17) is 15.9 Å². The van der Waals surface area contributed by atoms with Crippen LogP contribution in [0.3, 0.4) is 0 Å². The van der Waals surface area contributed by atoms with E-state index in [1.807, 2.05) is 13.8 Å². The van der Waals surface area contributed by atoms with E-state index in [0.29, 0.717) is 23.1 Å². The summed E-state index contributed by atoms with van der Waals surface area (Å²) in [4.78, 5) is 98.0. The molecule has 0 bridgehead atoms. The summed E-state index contributed by atoms with van der Waals surface area (Å²) in [6.45, 7) is 14.5. The molecule has 2 rings (SSSR count). The molecule has 0 saturated carbocycles. The van der Waals surface area contributed by atoms with Crippen molar-refractivity contribution in [3.05, 3.63) is 70.5 Å². The lowest BCUT2D eigenvalue weighted by Crippen LogP contribution is -2.56. The number of nitrogens with zero attached hydrogens (tertiary/aromatic N) is 2. The molecule has 1 aliphatic rings. The highest BCUT2D eigenvalue weighted by atomic mass is 16.6. The lowest BCUT2D eigenvalue weighted by Gasteiger charge is -2.33. The van der Waals surface area contributed by atoms with E-state index in [-0.39, 0.29) is 36.5 Å². The third-order valence-electron chi connectivity index (χ3n) is 10.4. The zero-order valence-electron chi connectivity index (χ0n) is 36.8. The number of aliphatic hydroxyl groups excluding tert-OH is 1. The Labute approximate surface area is 354 Å². The van der Waals surface area contributed by atoms with Crippen LogP contribution >= 0.6 is 0 Å². The Bertz CT molecular complexity index is 1860. The van der Waals surface area contributed by atoms with Gasteiger partial charge in [0.25, 0.3) is 11.8 Å². The van der Waals surface area contributed by atoms with Crippen molar-refractivity contribution >= 4 is 41.5 Å². The van der Waals surface area contributed by atoms with Gasteiger partial charge < -0.3 is 40.3 Å². The van der Waals surface area contributed by atoms with Gasteiger partial charge in [-0.15, -0.1) is 6.42 Å². The average Bonchev–Trinajstić information content (AvgIpc) is 3.22. The maximum Gasteiger partial charge on any atom is 0.341 e. The quantitative estimate of drug-likeness (QED) is 0.143. The first-order valence-electron chi connectivity index (χ1n) is 20.2. The van der Waals surface area contributed by atoms with Crippen LogP contribution in [-0.4, -0.2) is 113 Å². The van der Waals surface area contributed by atoms with Crippen molar-refractivity contribution in [2.24, 2.45) is 11.8 Å². The van der Waals surface area contributed by atoms with Crippen LogP contribution in [-0.2, 0) is 49.5 Å². The van der Waals surface area contributed by atoms with Crippen molar-refractivity contribution in [2.45, 2.75) is 124 Å². The highest BCUT2D eigenvalue weighted by Gasteiger charge is 2.36. The minimum atomic E-state index is -1.60. The minimum absolute atomic E-state index is 0.0573. The normalized spacial score (nSPS) is 27.5. The summed E-state index contributed by atoms with van der Waals surface area (Å²) >= 11 is 0. The smallest absolute Gasteiger partial charge is 0.341 e. The van der Waals surface area contributed by atoms with Crippen molar-refractivity contribution in [1.29, 1.82) is 0 Å². The first kappa shape index (κ1) is 50.4. The predicted molar refractivity (Wildman–Crippen MR) is 226 cm³/mol. The number of terminal acetylenes is 1. The molecule has 0 unspecified atom stereocenters. The molecule has 15 heteroatoms. The van der Waals surface area contributed by atoms with E-state index in [1.54, 1.807) is 71.0 Å². The Morgan fingerprint density at radius 3 is 2.20 bits per heavy atom. The molecule has 0 aliphatic carbocycles. The van der Waals surface area contributed by atoms with Crippen LogP contribution in [0.1, 0.15) is 87.1 Å². The Hall–Kier alpha value is -5.75. The van der Waals surface area contributed by atoms with E-state index >= 15 is 0 Å². The van der Waals surface area contributed by atoms with Crippen LogP contribution in [0, 0.1) is 24.2 Å². The van der Waals surface area contributed by atoms with Crippen molar-refractivity contribution in [1.82, 2.24) is 25.8 Å². The summed E-state index contributed by atoms with van der Waals surface area (Å²) < 4.78 is 11.5. The standard InChI is InChI=1S/C45H63N5O10/c1-13-27(6)38-41(54)47-33(15-3)45(58)60-39(28(7)14-2)30(9)35(51)22-21-29(8)44(57)59-36(23-26(4)5)40(53)46-31(10)42(55)50(12)34(24-32-19-17-16-18-20-32)43(56)49(11)25-37(52)48-38/h3,14,16-21,26,30-31,33-36,39,51H,13,22-25H2,1-2,4-12H3,(H,46,53)(H,47,54)(H,48,52)/b28-14+,29-21+,38-27+/t30-,31-,33+,34+,35-,36+,39+/m0/s1. The minimum Gasteiger partial charge on any atom is -0.455 e. The van der Waals surface area contributed by atoms with Crippen LogP contribution in [0.5, 0.6) is 0 Å². The van der Waals surface area contributed by atoms with Crippen LogP contribution in [0.25, 0.3) is 0 Å². The Balaban J connectivity index is 2.67. The van der Waals surface area contributed by atoms with Gasteiger partial charge in [0.15, 0.2) is 12.1 Å². The number of rotatable bonds is 6. The fraction of sp³-hybridized carbons (Fsp3) is 0.533. The zero-order valence-corrected chi connectivity index (χ0v) is 36.8. The lowest BCUT2D eigenvalue weighted by atomic mass is 9.90. The Morgan fingerprint density at radius 1 is 1.00 bits per heavy atom. The number of carbonyl (C=O) groups excluding carboxylic acids is 7. The first-order valence-corrected chi connectivity index (χ1v) is 20.2. The number of nitrogens with one attached hydrogen (secondary N) is 3. The van der Waals surface area contributed by atoms with E-state index in [1.165, 1.54) is 38.9 Å². The lowest BCUT2D eigenvalue weighted by molar-refractivity contribution is -0.154. The molecule has 0 aromatic heterocycles. The molecular formula is C45H63N5O10. The van der Waals surface area contributed by atoms with Crippen LogP contribution in [0.15, 0.2) is 64.9 Å². The van der Waals surface area contributed by atoms with Gasteiger partial charge in [-0.1, -0.05) is 76.1 Å². The Kier molecular flexibility index (Phi) is 19.9. The van der Waals surface area contributed by atoms with Gasteiger partial charge in [-0.05, 0) is 76.5 Å². The second-order valence-electron chi connectivity index (χ2n) is 15.7. The first-order chi connectivity index (χ1) is 28.2. The van der Waals surface area contributed by atoms with E-state index in [0.717, 1.165) is 4.90 Å². The number of carbonyl (C=O) groups is 7. The fourth-order valence-corrected chi connectivity index (χ4v) is 6.32. The highest BCUT2D eigenvalue weighted by molar-refractivity contribution is 6.01. The van der Waals surface area contributed by atoms with Gasteiger partial charge in [0.05, 0.1) is 12.6 Å². The summed E-state index contributed by atoms with van der Waals surface area (Å²) in [6.07, 6.45) is 5.86. The van der Waals surface area contributed by atoms with Crippen LogP contribution < -0.4 is 16.0 Å². The van der Waals surface area contributed by atoms with Gasteiger partial charge in [-0.25, -0.2) is 9.59 Å². The SMILES string of the molecule is C#C[C@H]1NC(=O)/C(=C(/C)CC)NC(=O)CN(C)C(=O)[C@@H](Cc2ccccc2)N(C)C(=O)[C@H](C)NC(=O)[C@@H](CC(C)C)OC(=O)/C(C)=C/C[C@H](O)[C@H](C)[C@@H](/C(C)=C/C)OC1=O. The highest BCUT2D eigenvalue weighted by Crippen LogP contribution is 2.24. The molecule has 1 aromatic rings. The summed E-state index contributed by atoms with van der Waals surface area (Å²) in [6, 6.07) is 5.02. The third-order valence-corrected chi connectivity index (χ3v) is 10.4. The summed E-state index contributed by atoms with van der Waals surface area (Å²) in [5.41, 5.74) is 1.65. The Morgan fingerprint density at radius 2 is 1.63 bits per heavy atom. The van der Waals surface area contributed by atoms with E-state index in [2.05, 4.69) is 21.9 Å². The second-order valence-corrected chi connectivity index (χ2v) is 15.7. The summed E-state index contributed by atoms with van der Waals surface area (Å²) in [5, 5.41) is 18.9. The van der Waals surface area contributed by atoms with Gasteiger partial charge in [-0.3, -0.25) is 24.0 Å². The predicted octanol–water partition coefficient (Wildman–Crippen LogP) is 3.12. The van der Waals surface area contributed by atoms with Crippen molar-refractivity contribution in [2.75, 3.05) is 20.6 Å². The summed E-state index contributed by atoms with van der Waals surface area (Å²) in [5.74, 6) is -4.00. The zero-order chi connectivity index (χ0) is 45.4. The molecule has 7 atom stereocenters. The number of esters is 2. The molecule has 0 fully saturated rings. The van der Waals surface area contributed by atoms with Crippen molar-refractivity contribution in [3.8, 4) is 12.3 Å². The molecule has 1 aromatic carbocycles. The van der Waals surface area contributed by atoms with Gasteiger partial charge in [0.1, 0.15) is 23.9 Å². The average molecular weight is 834 g/mol. The number of aliphatic hydroxyl groups is 1. The molecule has 0 saturated heterocycles. The van der Waals surface area contributed by atoms with Crippen molar-refractivity contribution in [3.63, 3.8) is 0 Å².